The minimum absolute atomic E-state index is 0.684. The van der Waals surface area contributed by atoms with Crippen LogP contribution >= 0.6 is 11.8 Å². The Hall–Kier alpha value is 0.270. The van der Waals surface area contributed by atoms with Crippen LogP contribution in [0.4, 0.5) is 0 Å². The van der Waals surface area contributed by atoms with Gasteiger partial charge in [0.15, 0.2) is 0 Å². The molecule has 2 nitrogen and oxygen atoms in total. The molecule has 13 heavy (non-hydrogen) atoms. The van der Waals surface area contributed by atoms with Gasteiger partial charge >= 0.3 is 0 Å². The third-order valence-electron chi connectivity index (χ3n) is 2.94. The monoisotopic (exact) mass is 200 g/mol. The highest BCUT2D eigenvalue weighted by Gasteiger charge is 2.25. The first-order valence-electron chi connectivity index (χ1n) is 5.45. The molecule has 0 amide bonds. The summed E-state index contributed by atoms with van der Waals surface area (Å²) in [7, 11) is 0. The van der Waals surface area contributed by atoms with E-state index >= 15 is 0 Å². The van der Waals surface area contributed by atoms with Crippen LogP contribution < -0.4 is 5.32 Å². The van der Waals surface area contributed by atoms with Gasteiger partial charge in [0.1, 0.15) is 0 Å². The van der Waals surface area contributed by atoms with Crippen molar-refractivity contribution >= 4 is 11.8 Å². The average molecular weight is 200 g/mol. The maximum atomic E-state index is 3.55. The lowest BCUT2D eigenvalue weighted by atomic mass is 10.2. The lowest BCUT2D eigenvalue weighted by Crippen LogP contribution is -2.39. The molecule has 2 aliphatic rings. The van der Waals surface area contributed by atoms with Crippen molar-refractivity contribution in [2.75, 3.05) is 25.4 Å². The summed E-state index contributed by atoms with van der Waals surface area (Å²) in [5.74, 6) is 1.38. The minimum atomic E-state index is 0.684. The second-order valence-electron chi connectivity index (χ2n) is 4.17. The number of nitrogens with one attached hydrogen (secondary N) is 1. The van der Waals surface area contributed by atoms with Crippen LogP contribution in [0.15, 0.2) is 0 Å². The zero-order chi connectivity index (χ0) is 9.10. The molecular formula is C10H20N2S. The molecule has 0 bridgehead atoms. The van der Waals surface area contributed by atoms with Crippen LogP contribution in [0.5, 0.6) is 0 Å². The van der Waals surface area contributed by atoms with Gasteiger partial charge in [0, 0.05) is 19.1 Å². The SMILES string of the molecule is CC1CN(C2CCCS2)CCCN1. The number of hydrogen-bond donors (Lipinski definition) is 1. The minimum Gasteiger partial charge on any atom is -0.313 e. The van der Waals surface area contributed by atoms with Gasteiger partial charge in [0.25, 0.3) is 0 Å². The lowest BCUT2D eigenvalue weighted by Gasteiger charge is -2.27. The van der Waals surface area contributed by atoms with Gasteiger partial charge in [-0.2, -0.15) is 0 Å². The Balaban J connectivity index is 1.88. The molecule has 2 atom stereocenters. The average Bonchev–Trinajstić information content (AvgIpc) is 2.56. The van der Waals surface area contributed by atoms with Crippen molar-refractivity contribution in [2.45, 2.75) is 37.6 Å². The normalized spacial score (nSPS) is 37.6. The van der Waals surface area contributed by atoms with E-state index in [1.54, 1.807) is 0 Å². The molecule has 3 heteroatoms. The summed E-state index contributed by atoms with van der Waals surface area (Å²) in [5.41, 5.74) is 0. The highest BCUT2D eigenvalue weighted by molar-refractivity contribution is 8.00. The van der Waals surface area contributed by atoms with E-state index in [1.165, 1.54) is 44.6 Å². The van der Waals surface area contributed by atoms with Gasteiger partial charge in [-0.3, -0.25) is 4.90 Å². The van der Waals surface area contributed by atoms with Crippen LogP contribution in [-0.2, 0) is 0 Å². The van der Waals surface area contributed by atoms with Crippen LogP contribution in [0.3, 0.4) is 0 Å². The zero-order valence-corrected chi connectivity index (χ0v) is 9.28. The number of nitrogens with zero attached hydrogens (tertiary/aromatic N) is 1. The number of hydrogen-bond acceptors (Lipinski definition) is 3. The second kappa shape index (κ2) is 4.67. The maximum absolute atomic E-state index is 3.55. The summed E-state index contributed by atoms with van der Waals surface area (Å²) in [6.45, 7) is 6.06. The Bertz CT molecular complexity index is 157. The predicted octanol–water partition coefficient (Wildman–Crippen LogP) is 1.52. The molecule has 2 unspecified atom stereocenters. The van der Waals surface area contributed by atoms with Gasteiger partial charge in [0.2, 0.25) is 0 Å². The second-order valence-corrected chi connectivity index (χ2v) is 5.46. The zero-order valence-electron chi connectivity index (χ0n) is 8.46. The molecule has 1 N–H and O–H groups in total. The Morgan fingerprint density at radius 3 is 3.08 bits per heavy atom. The van der Waals surface area contributed by atoms with Crippen molar-refractivity contribution in [3.8, 4) is 0 Å². The third kappa shape index (κ3) is 2.61. The first kappa shape index (κ1) is 9.81. The summed E-state index contributed by atoms with van der Waals surface area (Å²) in [5, 5.41) is 4.38. The van der Waals surface area contributed by atoms with Crippen molar-refractivity contribution in [1.82, 2.24) is 10.2 Å². The van der Waals surface area contributed by atoms with E-state index in [1.807, 2.05) is 0 Å². The molecular weight excluding hydrogens is 180 g/mol. The van der Waals surface area contributed by atoms with E-state index in [2.05, 4.69) is 28.9 Å². The molecule has 0 aromatic rings. The van der Waals surface area contributed by atoms with E-state index in [4.69, 9.17) is 0 Å². The van der Waals surface area contributed by atoms with Crippen LogP contribution in [-0.4, -0.2) is 41.7 Å². The van der Waals surface area contributed by atoms with Gasteiger partial charge in [0.05, 0.1) is 5.37 Å². The molecule has 76 valence electrons. The van der Waals surface area contributed by atoms with E-state index in [9.17, 15) is 0 Å². The largest absolute Gasteiger partial charge is 0.313 e. The fourth-order valence-electron chi connectivity index (χ4n) is 2.25. The van der Waals surface area contributed by atoms with Gasteiger partial charge in [-0.15, -0.1) is 11.8 Å². The van der Waals surface area contributed by atoms with Crippen molar-refractivity contribution in [1.29, 1.82) is 0 Å². The summed E-state index contributed by atoms with van der Waals surface area (Å²) in [6.07, 6.45) is 4.16. The van der Waals surface area contributed by atoms with Gasteiger partial charge in [-0.1, -0.05) is 0 Å². The Labute approximate surface area is 85.4 Å². The molecule has 2 heterocycles. The summed E-state index contributed by atoms with van der Waals surface area (Å²) in [4.78, 5) is 2.68. The van der Waals surface area contributed by atoms with Crippen molar-refractivity contribution in [3.05, 3.63) is 0 Å². The molecule has 0 saturated carbocycles. The Morgan fingerprint density at radius 1 is 1.38 bits per heavy atom. The van der Waals surface area contributed by atoms with Crippen molar-refractivity contribution in [2.24, 2.45) is 0 Å². The molecule has 0 radical (unpaired) electrons. The first-order chi connectivity index (χ1) is 6.36. The van der Waals surface area contributed by atoms with Crippen LogP contribution in [0.2, 0.25) is 0 Å². The van der Waals surface area contributed by atoms with E-state index in [0.29, 0.717) is 6.04 Å². The predicted molar refractivity (Wildman–Crippen MR) is 59.1 cm³/mol. The molecule has 2 saturated heterocycles. The van der Waals surface area contributed by atoms with E-state index in [-0.39, 0.29) is 0 Å². The number of thioether (sulfide) groups is 1. The van der Waals surface area contributed by atoms with Crippen molar-refractivity contribution < 1.29 is 0 Å². The van der Waals surface area contributed by atoms with Crippen molar-refractivity contribution in [3.63, 3.8) is 0 Å². The summed E-state index contributed by atoms with van der Waals surface area (Å²) >= 11 is 2.16. The standard InChI is InChI=1S/C10H20N2S/c1-9-8-12(6-3-5-11-9)10-4-2-7-13-10/h9-11H,2-8H2,1H3. The summed E-state index contributed by atoms with van der Waals surface area (Å²) < 4.78 is 0. The molecule has 0 aliphatic carbocycles. The molecule has 2 aliphatic heterocycles. The lowest BCUT2D eigenvalue weighted by molar-refractivity contribution is 0.251. The Morgan fingerprint density at radius 2 is 2.31 bits per heavy atom. The number of rotatable bonds is 1. The fraction of sp³-hybridized carbons (Fsp3) is 1.00. The highest BCUT2D eigenvalue weighted by Crippen LogP contribution is 2.29. The smallest absolute Gasteiger partial charge is 0.0558 e. The molecule has 0 aromatic carbocycles. The topological polar surface area (TPSA) is 15.3 Å². The third-order valence-corrected chi connectivity index (χ3v) is 4.38. The molecule has 2 fully saturated rings. The van der Waals surface area contributed by atoms with Crippen LogP contribution in [0.1, 0.15) is 26.2 Å². The molecule has 0 spiro atoms. The highest BCUT2D eigenvalue weighted by atomic mass is 32.2. The maximum Gasteiger partial charge on any atom is 0.0558 e. The quantitative estimate of drug-likeness (QED) is 0.691. The van der Waals surface area contributed by atoms with Gasteiger partial charge < -0.3 is 5.32 Å². The van der Waals surface area contributed by atoms with E-state index in [0.717, 1.165) is 5.37 Å². The summed E-state index contributed by atoms with van der Waals surface area (Å²) in [6, 6.07) is 0.684. The van der Waals surface area contributed by atoms with Gasteiger partial charge in [-0.25, -0.2) is 0 Å². The molecule has 0 aromatic heterocycles. The van der Waals surface area contributed by atoms with Crippen LogP contribution in [0, 0.1) is 0 Å². The Kier molecular flexibility index (Phi) is 3.52. The van der Waals surface area contributed by atoms with Crippen LogP contribution in [0.25, 0.3) is 0 Å². The molecule has 2 rings (SSSR count). The first-order valence-corrected chi connectivity index (χ1v) is 6.50. The van der Waals surface area contributed by atoms with E-state index < -0.39 is 0 Å². The van der Waals surface area contributed by atoms with Gasteiger partial charge in [-0.05, 0) is 38.5 Å². The fourth-order valence-corrected chi connectivity index (χ4v) is 3.59.